The van der Waals surface area contributed by atoms with Crippen molar-refractivity contribution in [3.8, 4) is 0 Å². The van der Waals surface area contributed by atoms with Crippen LogP contribution in [0.15, 0.2) is 36.4 Å². The average molecular weight is 388 g/mol. The summed E-state index contributed by atoms with van der Waals surface area (Å²) in [6, 6.07) is 4.04. The van der Waals surface area contributed by atoms with E-state index in [0.29, 0.717) is 0 Å². The lowest BCUT2D eigenvalue weighted by molar-refractivity contribution is -0.384. The molecule has 1 aliphatic rings. The van der Waals surface area contributed by atoms with Gasteiger partial charge in [-0.2, -0.15) is 0 Å². The molecule has 2 rings (SSSR count). The van der Waals surface area contributed by atoms with Gasteiger partial charge in [0.1, 0.15) is 0 Å². The van der Waals surface area contributed by atoms with Gasteiger partial charge in [-0.25, -0.2) is 9.59 Å². The third kappa shape index (κ3) is 4.13. The van der Waals surface area contributed by atoms with E-state index in [0.717, 1.165) is 24.3 Å². The number of ketones is 1. The molecule has 0 saturated carbocycles. The molecule has 1 aromatic rings. The fraction of sp³-hybridized carbons (Fsp3) is 0.368. The minimum Gasteiger partial charge on any atom is -0.386 e. The van der Waals surface area contributed by atoms with E-state index < -0.39 is 40.2 Å². The fourth-order valence-corrected chi connectivity index (χ4v) is 3.03. The molecule has 1 fully saturated rings. The standard InChI is InChI=1S/C19H20N2O7/c1-9(2)14-15(20-17(14)23)10(3)16(22)11(4)18(24)28-19(25)12-5-7-13(8-6-12)21(26)27/h5-10,14-15H,4H2,1-3H3,(H,20,23)/t10?,14-,15-/m1/s1. The molecule has 1 unspecified atom stereocenters. The van der Waals surface area contributed by atoms with Crippen molar-refractivity contribution >= 4 is 29.3 Å². The second-order valence-electron chi connectivity index (χ2n) is 6.92. The maximum Gasteiger partial charge on any atom is 0.349 e. The Balaban J connectivity index is 2.00. The van der Waals surface area contributed by atoms with Crippen LogP contribution < -0.4 is 5.32 Å². The Morgan fingerprint density at radius 1 is 1.18 bits per heavy atom. The number of Topliss-reactive ketones (excluding diaryl/α,β-unsaturated/α-hetero) is 1. The van der Waals surface area contributed by atoms with Crippen LogP contribution >= 0.6 is 0 Å². The van der Waals surface area contributed by atoms with Crippen LogP contribution in [0.2, 0.25) is 0 Å². The lowest BCUT2D eigenvalue weighted by Gasteiger charge is -2.42. The van der Waals surface area contributed by atoms with Gasteiger partial charge in [-0.3, -0.25) is 19.7 Å². The second-order valence-corrected chi connectivity index (χ2v) is 6.92. The van der Waals surface area contributed by atoms with Crippen molar-refractivity contribution in [2.45, 2.75) is 26.8 Å². The Morgan fingerprint density at radius 2 is 1.75 bits per heavy atom. The van der Waals surface area contributed by atoms with E-state index in [9.17, 15) is 29.3 Å². The first-order valence-corrected chi connectivity index (χ1v) is 8.59. The van der Waals surface area contributed by atoms with Gasteiger partial charge in [0.15, 0.2) is 5.78 Å². The molecule has 1 amide bonds. The van der Waals surface area contributed by atoms with Gasteiger partial charge in [-0.05, 0) is 18.1 Å². The summed E-state index contributed by atoms with van der Waals surface area (Å²) in [5.41, 5.74) is -0.816. The molecule has 0 bridgehead atoms. The topological polar surface area (TPSA) is 133 Å². The van der Waals surface area contributed by atoms with Crippen molar-refractivity contribution in [1.29, 1.82) is 0 Å². The van der Waals surface area contributed by atoms with Crippen LogP contribution in [0.1, 0.15) is 31.1 Å². The number of amides is 1. The normalized spacial score (nSPS) is 19.2. The highest BCUT2D eigenvalue weighted by Crippen LogP contribution is 2.30. The highest BCUT2D eigenvalue weighted by atomic mass is 16.6. The molecule has 1 N–H and O–H groups in total. The zero-order chi connectivity index (χ0) is 21.2. The summed E-state index contributed by atoms with van der Waals surface area (Å²) < 4.78 is 4.64. The van der Waals surface area contributed by atoms with Crippen molar-refractivity contribution in [2.75, 3.05) is 0 Å². The number of nitrogens with one attached hydrogen (secondary N) is 1. The number of nitro groups is 1. The maximum absolute atomic E-state index is 12.5. The first-order chi connectivity index (χ1) is 13.0. The van der Waals surface area contributed by atoms with E-state index in [1.165, 1.54) is 0 Å². The monoisotopic (exact) mass is 388 g/mol. The molecular formula is C19H20N2O7. The van der Waals surface area contributed by atoms with Crippen LogP contribution in [0.25, 0.3) is 0 Å². The molecule has 1 aliphatic heterocycles. The number of ether oxygens (including phenoxy) is 1. The van der Waals surface area contributed by atoms with Crippen LogP contribution in [-0.2, 0) is 19.1 Å². The first-order valence-electron chi connectivity index (χ1n) is 8.59. The molecule has 3 atom stereocenters. The molecule has 0 radical (unpaired) electrons. The van der Waals surface area contributed by atoms with Gasteiger partial charge in [-0.1, -0.05) is 27.4 Å². The molecule has 9 heteroatoms. The molecule has 148 valence electrons. The van der Waals surface area contributed by atoms with Crippen LogP contribution in [0.5, 0.6) is 0 Å². The number of rotatable bonds is 7. The largest absolute Gasteiger partial charge is 0.386 e. The summed E-state index contributed by atoms with van der Waals surface area (Å²) in [7, 11) is 0. The van der Waals surface area contributed by atoms with E-state index in [2.05, 4.69) is 16.6 Å². The van der Waals surface area contributed by atoms with Gasteiger partial charge < -0.3 is 10.1 Å². The van der Waals surface area contributed by atoms with Gasteiger partial charge in [-0.15, -0.1) is 0 Å². The Kier molecular flexibility index (Phi) is 6.07. The van der Waals surface area contributed by atoms with Crippen molar-refractivity contribution in [1.82, 2.24) is 5.32 Å². The van der Waals surface area contributed by atoms with Crippen molar-refractivity contribution in [3.63, 3.8) is 0 Å². The van der Waals surface area contributed by atoms with E-state index in [1.54, 1.807) is 6.92 Å². The summed E-state index contributed by atoms with van der Waals surface area (Å²) in [6.45, 7) is 8.70. The molecule has 1 heterocycles. The highest BCUT2D eigenvalue weighted by molar-refractivity contribution is 6.20. The summed E-state index contributed by atoms with van der Waals surface area (Å²) in [5, 5.41) is 13.3. The van der Waals surface area contributed by atoms with Gasteiger partial charge in [0.25, 0.3) is 5.69 Å². The zero-order valence-corrected chi connectivity index (χ0v) is 15.6. The van der Waals surface area contributed by atoms with E-state index in [1.807, 2.05) is 13.8 Å². The third-order valence-corrected chi connectivity index (χ3v) is 4.71. The number of nitrogens with zero attached hydrogens (tertiary/aromatic N) is 1. The zero-order valence-electron chi connectivity index (χ0n) is 15.6. The van der Waals surface area contributed by atoms with Crippen LogP contribution in [0.4, 0.5) is 5.69 Å². The molecule has 1 saturated heterocycles. The molecule has 0 aromatic heterocycles. The minimum atomic E-state index is -1.20. The first kappa shape index (κ1) is 20.9. The van der Waals surface area contributed by atoms with E-state index >= 15 is 0 Å². The Morgan fingerprint density at radius 3 is 2.21 bits per heavy atom. The van der Waals surface area contributed by atoms with Crippen molar-refractivity contribution in [3.05, 3.63) is 52.1 Å². The highest BCUT2D eigenvalue weighted by Gasteiger charge is 2.46. The predicted octanol–water partition coefficient (Wildman–Crippen LogP) is 1.81. The lowest BCUT2D eigenvalue weighted by atomic mass is 9.73. The minimum absolute atomic E-state index is 0.0259. The van der Waals surface area contributed by atoms with Crippen LogP contribution in [0, 0.1) is 27.9 Å². The molecule has 28 heavy (non-hydrogen) atoms. The Bertz CT molecular complexity index is 858. The van der Waals surface area contributed by atoms with Gasteiger partial charge in [0, 0.05) is 18.1 Å². The van der Waals surface area contributed by atoms with E-state index in [4.69, 9.17) is 0 Å². The Hall–Kier alpha value is -3.36. The SMILES string of the molecule is C=C(C(=O)OC(=O)c1ccc([N+](=O)[O-])cc1)C(=O)C(C)[C@H]1NC(=O)[C@@H]1C(C)C. The van der Waals surface area contributed by atoms with Gasteiger partial charge in [0.2, 0.25) is 5.91 Å². The maximum atomic E-state index is 12.5. The third-order valence-electron chi connectivity index (χ3n) is 4.71. The van der Waals surface area contributed by atoms with Crippen LogP contribution in [0.3, 0.4) is 0 Å². The van der Waals surface area contributed by atoms with Crippen molar-refractivity contribution < 1.29 is 28.8 Å². The molecule has 0 spiro atoms. The number of nitro benzene ring substituents is 1. The number of hydrogen-bond donors (Lipinski definition) is 1. The second kappa shape index (κ2) is 8.12. The Labute approximate surface area is 160 Å². The van der Waals surface area contributed by atoms with Crippen LogP contribution in [-0.4, -0.2) is 34.6 Å². The molecule has 9 nitrogen and oxygen atoms in total. The summed E-state index contributed by atoms with van der Waals surface area (Å²) in [6.07, 6.45) is 0. The van der Waals surface area contributed by atoms with E-state index in [-0.39, 0.29) is 29.0 Å². The smallest absolute Gasteiger partial charge is 0.349 e. The fourth-order valence-electron chi connectivity index (χ4n) is 3.03. The number of β-lactam (4-membered cyclic amide) rings is 1. The van der Waals surface area contributed by atoms with Gasteiger partial charge in [0.05, 0.1) is 28.0 Å². The summed E-state index contributed by atoms with van der Waals surface area (Å²) >= 11 is 0. The quantitative estimate of drug-likeness (QED) is 0.143. The molecule has 0 aliphatic carbocycles. The summed E-state index contributed by atoms with van der Waals surface area (Å²) in [5.74, 6) is -4.06. The number of carbonyl (C=O) groups is 4. The number of hydrogen-bond acceptors (Lipinski definition) is 7. The lowest BCUT2D eigenvalue weighted by Crippen LogP contribution is -2.64. The molecule has 1 aromatic carbocycles. The number of esters is 2. The molecular weight excluding hydrogens is 368 g/mol. The van der Waals surface area contributed by atoms with Gasteiger partial charge >= 0.3 is 11.9 Å². The van der Waals surface area contributed by atoms with Crippen molar-refractivity contribution in [2.24, 2.45) is 17.8 Å². The summed E-state index contributed by atoms with van der Waals surface area (Å²) in [4.78, 5) is 58.2. The number of non-ortho nitro benzene ring substituents is 1. The average Bonchev–Trinajstić information content (AvgIpc) is 2.63. The number of carbonyl (C=O) groups excluding carboxylic acids is 4. The number of benzene rings is 1. The predicted molar refractivity (Wildman–Crippen MR) is 97.1 cm³/mol.